The molecular formula is C17H17F3N4O. The molecule has 1 saturated heterocycles. The molecule has 1 aromatic heterocycles. The molecule has 3 rings (SSSR count). The fourth-order valence-electron chi connectivity index (χ4n) is 2.54. The lowest BCUT2D eigenvalue weighted by molar-refractivity contribution is 0.0658. The first kappa shape index (κ1) is 17.2. The van der Waals surface area contributed by atoms with Gasteiger partial charge in [0.25, 0.3) is 5.91 Å². The molecule has 0 radical (unpaired) electrons. The van der Waals surface area contributed by atoms with Crippen molar-refractivity contribution in [1.82, 2.24) is 14.8 Å². The average Bonchev–Trinajstić information content (AvgIpc) is 2.63. The summed E-state index contributed by atoms with van der Waals surface area (Å²) >= 11 is 0. The van der Waals surface area contributed by atoms with Crippen LogP contribution in [0, 0.1) is 17.5 Å². The molecule has 1 aromatic carbocycles. The summed E-state index contributed by atoms with van der Waals surface area (Å²) < 4.78 is 39.8. The summed E-state index contributed by atoms with van der Waals surface area (Å²) in [6.45, 7) is 2.88. The number of hydrogen-bond donors (Lipinski definition) is 1. The van der Waals surface area contributed by atoms with Crippen LogP contribution < -0.4 is 5.32 Å². The second kappa shape index (κ2) is 7.10. The Morgan fingerprint density at radius 2 is 1.76 bits per heavy atom. The number of carbonyl (C=O) groups is 1. The molecule has 5 nitrogen and oxygen atoms in total. The Balaban J connectivity index is 1.70. The zero-order chi connectivity index (χ0) is 18.0. The van der Waals surface area contributed by atoms with Crippen molar-refractivity contribution in [3.63, 3.8) is 0 Å². The van der Waals surface area contributed by atoms with E-state index >= 15 is 0 Å². The van der Waals surface area contributed by atoms with Crippen molar-refractivity contribution in [2.24, 2.45) is 0 Å². The predicted molar refractivity (Wildman–Crippen MR) is 87.2 cm³/mol. The molecule has 1 aliphatic heterocycles. The number of rotatable bonds is 3. The maximum absolute atomic E-state index is 13.7. The number of aromatic nitrogens is 1. The van der Waals surface area contributed by atoms with Gasteiger partial charge in [0.2, 0.25) is 0 Å². The van der Waals surface area contributed by atoms with Gasteiger partial charge in [-0.05, 0) is 31.3 Å². The molecule has 8 heteroatoms. The second-order valence-corrected chi connectivity index (χ2v) is 5.88. The quantitative estimate of drug-likeness (QED) is 0.865. The van der Waals surface area contributed by atoms with E-state index < -0.39 is 17.5 Å². The minimum absolute atomic E-state index is 0.168. The van der Waals surface area contributed by atoms with Gasteiger partial charge in [-0.2, -0.15) is 0 Å². The lowest BCUT2D eigenvalue weighted by Crippen LogP contribution is -2.47. The highest BCUT2D eigenvalue weighted by Gasteiger charge is 2.21. The number of halogens is 3. The second-order valence-electron chi connectivity index (χ2n) is 5.88. The number of nitrogens with zero attached hydrogens (tertiary/aromatic N) is 3. The Morgan fingerprint density at radius 3 is 2.40 bits per heavy atom. The predicted octanol–water partition coefficient (Wildman–Crippen LogP) is 2.63. The third kappa shape index (κ3) is 3.74. The van der Waals surface area contributed by atoms with E-state index in [1.807, 2.05) is 7.05 Å². The lowest BCUT2D eigenvalue weighted by atomic mass is 10.2. The minimum Gasteiger partial charge on any atom is -0.352 e. The Hall–Kier alpha value is -2.61. The van der Waals surface area contributed by atoms with Crippen molar-refractivity contribution in [1.29, 1.82) is 0 Å². The van der Waals surface area contributed by atoms with E-state index in [9.17, 15) is 18.0 Å². The first-order chi connectivity index (χ1) is 12.0. The van der Waals surface area contributed by atoms with E-state index in [0.29, 0.717) is 18.8 Å². The third-order valence-corrected chi connectivity index (χ3v) is 4.09. The Bertz CT molecular complexity index is 774. The fourth-order valence-corrected chi connectivity index (χ4v) is 2.54. The van der Waals surface area contributed by atoms with Gasteiger partial charge in [-0.3, -0.25) is 4.79 Å². The summed E-state index contributed by atoms with van der Waals surface area (Å²) in [7, 11) is 2.00. The first-order valence-corrected chi connectivity index (χ1v) is 7.80. The summed E-state index contributed by atoms with van der Waals surface area (Å²) in [5.41, 5.74) is 0.430. The molecule has 2 aromatic rings. The van der Waals surface area contributed by atoms with Crippen molar-refractivity contribution in [2.75, 3.05) is 38.5 Å². The lowest BCUT2D eigenvalue weighted by Gasteiger charge is -2.32. The zero-order valence-electron chi connectivity index (χ0n) is 13.6. The molecule has 0 atom stereocenters. The highest BCUT2D eigenvalue weighted by Crippen LogP contribution is 2.23. The number of likely N-dealkylation sites (N-methyl/N-ethyl adjacent to an activating group) is 1. The average molecular weight is 350 g/mol. The monoisotopic (exact) mass is 350 g/mol. The summed E-state index contributed by atoms with van der Waals surface area (Å²) in [6, 6.07) is 4.98. The van der Waals surface area contributed by atoms with Gasteiger partial charge >= 0.3 is 0 Å². The van der Waals surface area contributed by atoms with Crippen LogP contribution in [0.15, 0.2) is 30.5 Å². The van der Waals surface area contributed by atoms with E-state index in [4.69, 9.17) is 0 Å². The van der Waals surface area contributed by atoms with Crippen molar-refractivity contribution in [3.8, 4) is 0 Å². The molecule has 1 fully saturated rings. The van der Waals surface area contributed by atoms with Crippen LogP contribution in [0.4, 0.5) is 24.5 Å². The van der Waals surface area contributed by atoms with E-state index in [0.717, 1.165) is 25.2 Å². The van der Waals surface area contributed by atoms with Gasteiger partial charge in [0, 0.05) is 26.2 Å². The molecule has 132 valence electrons. The molecule has 2 heterocycles. The van der Waals surface area contributed by atoms with E-state index in [1.165, 1.54) is 18.3 Å². The molecule has 25 heavy (non-hydrogen) atoms. The van der Waals surface area contributed by atoms with Crippen LogP contribution in [0.3, 0.4) is 0 Å². The normalized spacial score (nSPS) is 15.3. The number of piperazine rings is 1. The molecule has 0 unspecified atom stereocenters. The summed E-state index contributed by atoms with van der Waals surface area (Å²) in [5.74, 6) is -4.27. The van der Waals surface area contributed by atoms with Crippen LogP contribution in [0.5, 0.6) is 0 Å². The molecule has 0 saturated carbocycles. The first-order valence-electron chi connectivity index (χ1n) is 7.80. The molecule has 0 aliphatic carbocycles. The molecular weight excluding hydrogens is 333 g/mol. The number of pyridine rings is 1. The number of carbonyl (C=O) groups excluding carboxylic acids is 1. The van der Waals surface area contributed by atoms with E-state index in [1.54, 1.807) is 4.90 Å². The molecule has 1 N–H and O–H groups in total. The number of hydrogen-bond acceptors (Lipinski definition) is 4. The van der Waals surface area contributed by atoms with Crippen molar-refractivity contribution in [3.05, 3.63) is 53.6 Å². The Kier molecular flexibility index (Phi) is 4.89. The fraction of sp³-hybridized carbons (Fsp3) is 0.294. The minimum atomic E-state index is -1.54. The van der Waals surface area contributed by atoms with Gasteiger partial charge in [0.05, 0.1) is 17.6 Å². The smallest absolute Gasteiger partial charge is 0.272 e. The highest BCUT2D eigenvalue weighted by molar-refractivity contribution is 5.92. The summed E-state index contributed by atoms with van der Waals surface area (Å²) in [4.78, 5) is 20.3. The van der Waals surface area contributed by atoms with Crippen molar-refractivity contribution >= 4 is 17.3 Å². The van der Waals surface area contributed by atoms with Crippen molar-refractivity contribution < 1.29 is 18.0 Å². The van der Waals surface area contributed by atoms with Gasteiger partial charge in [0.1, 0.15) is 5.69 Å². The van der Waals surface area contributed by atoms with Gasteiger partial charge in [-0.15, -0.1) is 0 Å². The largest absolute Gasteiger partial charge is 0.352 e. The molecule has 1 amide bonds. The van der Waals surface area contributed by atoms with Crippen LogP contribution in [0.25, 0.3) is 0 Å². The number of amides is 1. The van der Waals surface area contributed by atoms with Crippen LogP contribution in [0.2, 0.25) is 0 Å². The van der Waals surface area contributed by atoms with Gasteiger partial charge in [0.15, 0.2) is 17.5 Å². The highest BCUT2D eigenvalue weighted by atomic mass is 19.2. The third-order valence-electron chi connectivity index (χ3n) is 4.09. The Morgan fingerprint density at radius 1 is 1.04 bits per heavy atom. The Labute approximate surface area is 143 Å². The summed E-state index contributed by atoms with van der Waals surface area (Å²) in [6.07, 6.45) is 1.35. The van der Waals surface area contributed by atoms with E-state index in [2.05, 4.69) is 15.2 Å². The van der Waals surface area contributed by atoms with Crippen LogP contribution in [-0.4, -0.2) is 53.9 Å². The van der Waals surface area contributed by atoms with Crippen LogP contribution in [0.1, 0.15) is 10.5 Å². The number of benzene rings is 1. The number of anilines is 2. The maximum atomic E-state index is 13.7. The molecule has 0 spiro atoms. The van der Waals surface area contributed by atoms with Crippen LogP contribution in [-0.2, 0) is 0 Å². The van der Waals surface area contributed by atoms with Gasteiger partial charge < -0.3 is 15.1 Å². The maximum Gasteiger partial charge on any atom is 0.272 e. The molecule has 0 bridgehead atoms. The summed E-state index contributed by atoms with van der Waals surface area (Å²) in [5, 5.41) is 2.62. The zero-order valence-corrected chi connectivity index (χ0v) is 13.6. The topological polar surface area (TPSA) is 48.5 Å². The standard InChI is InChI=1S/C17H17F3N4O/c1-23-6-8-24(9-7-23)17(25)14-4-2-11(10-21-14)22-13-5-3-12(18)15(19)16(13)20/h2-5,10,22H,6-9H2,1H3. The van der Waals surface area contributed by atoms with E-state index in [-0.39, 0.29) is 17.3 Å². The number of nitrogens with one attached hydrogen (secondary N) is 1. The van der Waals surface area contributed by atoms with Gasteiger partial charge in [-0.1, -0.05) is 0 Å². The van der Waals surface area contributed by atoms with Crippen molar-refractivity contribution in [2.45, 2.75) is 0 Å². The van der Waals surface area contributed by atoms with Gasteiger partial charge in [-0.25, -0.2) is 18.2 Å². The SMILES string of the molecule is CN1CCN(C(=O)c2ccc(Nc3ccc(F)c(F)c3F)cn2)CC1. The van der Waals surface area contributed by atoms with Crippen LogP contribution >= 0.6 is 0 Å². The molecule has 1 aliphatic rings.